The fourth-order valence-corrected chi connectivity index (χ4v) is 6.51. The largest absolute Gasteiger partial charge is 0.372 e. The van der Waals surface area contributed by atoms with Crippen LogP contribution in [-0.4, -0.2) is 15.7 Å². The first-order valence-corrected chi connectivity index (χ1v) is 12.7. The Kier molecular flexibility index (Phi) is 5.93. The lowest BCUT2D eigenvalue weighted by Crippen LogP contribution is -2.28. The molecule has 1 atom stereocenters. The zero-order valence-corrected chi connectivity index (χ0v) is 20.0. The van der Waals surface area contributed by atoms with E-state index in [-0.39, 0.29) is 11.7 Å². The maximum atomic E-state index is 13.6. The van der Waals surface area contributed by atoms with Crippen molar-refractivity contribution in [3.63, 3.8) is 0 Å². The molecule has 3 heterocycles. The highest BCUT2D eigenvalue weighted by atomic mass is 32.2. The average Bonchev–Trinajstić information content (AvgIpc) is 3.17. The SMILES string of the molecule is C=CCn1c(SCc2cccc3ccccc23)nc2sc3c(c2c1=O)C[C@@H](C(C)C)OC3. The van der Waals surface area contributed by atoms with Crippen LogP contribution in [0.25, 0.3) is 21.0 Å². The molecule has 4 aromatic rings. The van der Waals surface area contributed by atoms with Crippen LogP contribution >= 0.6 is 23.1 Å². The molecule has 0 N–H and O–H groups in total. The first-order chi connectivity index (χ1) is 15.6. The van der Waals surface area contributed by atoms with E-state index < -0.39 is 0 Å². The summed E-state index contributed by atoms with van der Waals surface area (Å²) in [5.41, 5.74) is 2.42. The normalized spacial score (nSPS) is 16.0. The molecule has 1 aliphatic rings. The van der Waals surface area contributed by atoms with Gasteiger partial charge in [-0.1, -0.05) is 74.1 Å². The Labute approximate surface area is 195 Å². The molecule has 0 saturated carbocycles. The van der Waals surface area contributed by atoms with Gasteiger partial charge in [0.05, 0.1) is 18.1 Å². The Morgan fingerprint density at radius 2 is 2.09 bits per heavy atom. The molecule has 0 aliphatic carbocycles. The van der Waals surface area contributed by atoms with E-state index in [1.807, 2.05) is 0 Å². The number of hydrogen-bond acceptors (Lipinski definition) is 5. The summed E-state index contributed by atoms with van der Waals surface area (Å²) in [6.07, 6.45) is 2.70. The van der Waals surface area contributed by atoms with Crippen LogP contribution in [0.15, 0.2) is 65.1 Å². The summed E-state index contributed by atoms with van der Waals surface area (Å²) in [6, 6.07) is 14.8. The van der Waals surface area contributed by atoms with E-state index >= 15 is 0 Å². The number of allylic oxidation sites excluding steroid dienone is 1. The number of nitrogens with zero attached hydrogens (tertiary/aromatic N) is 2. The van der Waals surface area contributed by atoms with Crippen molar-refractivity contribution in [1.82, 2.24) is 9.55 Å². The van der Waals surface area contributed by atoms with Gasteiger partial charge in [0.25, 0.3) is 5.56 Å². The second kappa shape index (κ2) is 8.85. The molecule has 6 heteroatoms. The van der Waals surface area contributed by atoms with Gasteiger partial charge >= 0.3 is 0 Å². The molecule has 4 nitrogen and oxygen atoms in total. The van der Waals surface area contributed by atoms with Gasteiger partial charge in [0.2, 0.25) is 0 Å². The average molecular weight is 463 g/mol. The van der Waals surface area contributed by atoms with Crippen LogP contribution in [-0.2, 0) is 30.1 Å². The Hall–Kier alpha value is -2.41. The minimum absolute atomic E-state index is 0.0391. The van der Waals surface area contributed by atoms with E-state index in [0.29, 0.717) is 19.1 Å². The molecule has 2 aromatic heterocycles. The van der Waals surface area contributed by atoms with Crippen molar-refractivity contribution >= 4 is 44.1 Å². The van der Waals surface area contributed by atoms with Crippen LogP contribution in [0.2, 0.25) is 0 Å². The number of thiophene rings is 1. The molecule has 1 aliphatic heterocycles. The molecule has 0 bridgehead atoms. The Balaban J connectivity index is 1.55. The van der Waals surface area contributed by atoms with E-state index in [0.717, 1.165) is 38.0 Å². The standard InChI is InChI=1S/C26H26N2O2S2/c1-4-12-28-25(29)23-20-13-21(16(2)3)30-14-22(20)32-24(23)27-26(28)31-15-18-10-7-9-17-8-5-6-11-19(17)18/h4-11,16,21H,1,12-15H2,2-3H3/t21-/m0/s1. The molecule has 0 saturated heterocycles. The highest BCUT2D eigenvalue weighted by Gasteiger charge is 2.28. The summed E-state index contributed by atoms with van der Waals surface area (Å²) >= 11 is 3.22. The highest BCUT2D eigenvalue weighted by Crippen LogP contribution is 2.36. The number of rotatable bonds is 6. The van der Waals surface area contributed by atoms with Gasteiger partial charge in [-0.3, -0.25) is 9.36 Å². The lowest BCUT2D eigenvalue weighted by atomic mass is 9.96. The van der Waals surface area contributed by atoms with Gasteiger partial charge in [0.15, 0.2) is 5.16 Å². The number of benzene rings is 2. The maximum absolute atomic E-state index is 13.6. The van der Waals surface area contributed by atoms with Gasteiger partial charge in [-0.25, -0.2) is 4.98 Å². The van der Waals surface area contributed by atoms with Crippen molar-refractivity contribution in [3.8, 4) is 0 Å². The summed E-state index contributed by atoms with van der Waals surface area (Å²) in [5, 5.41) is 3.98. The number of hydrogen-bond donors (Lipinski definition) is 0. The quantitative estimate of drug-likeness (QED) is 0.195. The zero-order valence-electron chi connectivity index (χ0n) is 18.3. The summed E-state index contributed by atoms with van der Waals surface area (Å²) in [4.78, 5) is 20.5. The third-order valence-electron chi connectivity index (χ3n) is 6.08. The van der Waals surface area contributed by atoms with E-state index in [1.54, 1.807) is 33.7 Å². The van der Waals surface area contributed by atoms with Crippen LogP contribution in [0.5, 0.6) is 0 Å². The van der Waals surface area contributed by atoms with E-state index in [1.165, 1.54) is 16.3 Å². The number of thioether (sulfide) groups is 1. The minimum atomic E-state index is 0.0391. The predicted octanol–water partition coefficient (Wildman–Crippen LogP) is 6.19. The molecule has 0 fully saturated rings. The molecular formula is C26H26N2O2S2. The molecule has 0 spiro atoms. The Morgan fingerprint density at radius 3 is 2.91 bits per heavy atom. The van der Waals surface area contributed by atoms with Crippen LogP contribution in [0.1, 0.15) is 29.9 Å². The zero-order chi connectivity index (χ0) is 22.2. The number of fused-ring (bicyclic) bond motifs is 4. The monoisotopic (exact) mass is 462 g/mol. The highest BCUT2D eigenvalue weighted by molar-refractivity contribution is 7.98. The van der Waals surface area contributed by atoms with Gasteiger partial charge in [-0.05, 0) is 27.8 Å². The maximum Gasteiger partial charge on any atom is 0.263 e. The van der Waals surface area contributed by atoms with Crippen LogP contribution < -0.4 is 5.56 Å². The molecular weight excluding hydrogens is 436 g/mol. The number of ether oxygens (including phenoxy) is 1. The van der Waals surface area contributed by atoms with Crippen LogP contribution in [0.4, 0.5) is 0 Å². The lowest BCUT2D eigenvalue weighted by molar-refractivity contribution is 0.00200. The van der Waals surface area contributed by atoms with Gasteiger partial charge < -0.3 is 4.74 Å². The van der Waals surface area contributed by atoms with Crippen LogP contribution in [0.3, 0.4) is 0 Å². The first kappa shape index (κ1) is 21.4. The Bertz CT molecular complexity index is 1360. The molecule has 5 rings (SSSR count). The van der Waals surface area contributed by atoms with Crippen molar-refractivity contribution in [3.05, 3.63) is 81.5 Å². The summed E-state index contributed by atoms with van der Waals surface area (Å²) < 4.78 is 7.82. The summed E-state index contributed by atoms with van der Waals surface area (Å²) in [6.45, 7) is 9.23. The van der Waals surface area contributed by atoms with E-state index in [2.05, 4.69) is 62.9 Å². The molecule has 164 valence electrons. The summed E-state index contributed by atoms with van der Waals surface area (Å²) in [5.74, 6) is 1.16. The summed E-state index contributed by atoms with van der Waals surface area (Å²) in [7, 11) is 0. The van der Waals surface area contributed by atoms with Crippen molar-refractivity contribution in [2.45, 2.75) is 50.4 Å². The number of aromatic nitrogens is 2. The minimum Gasteiger partial charge on any atom is -0.372 e. The van der Waals surface area contributed by atoms with Crippen molar-refractivity contribution in [2.75, 3.05) is 0 Å². The molecule has 0 unspecified atom stereocenters. The topological polar surface area (TPSA) is 44.1 Å². The van der Waals surface area contributed by atoms with E-state index in [9.17, 15) is 4.79 Å². The molecule has 2 aromatic carbocycles. The Morgan fingerprint density at radius 1 is 1.28 bits per heavy atom. The lowest BCUT2D eigenvalue weighted by Gasteiger charge is -2.26. The molecule has 0 radical (unpaired) electrons. The fourth-order valence-electron chi connectivity index (χ4n) is 4.33. The smallest absolute Gasteiger partial charge is 0.263 e. The predicted molar refractivity (Wildman–Crippen MR) is 135 cm³/mol. The fraction of sp³-hybridized carbons (Fsp3) is 0.308. The third kappa shape index (κ3) is 3.81. The molecule has 0 amide bonds. The van der Waals surface area contributed by atoms with Crippen LogP contribution in [0, 0.1) is 5.92 Å². The first-order valence-electron chi connectivity index (χ1n) is 10.9. The van der Waals surface area contributed by atoms with Gasteiger partial charge in [0.1, 0.15) is 4.83 Å². The van der Waals surface area contributed by atoms with Crippen molar-refractivity contribution in [2.24, 2.45) is 5.92 Å². The molecule has 32 heavy (non-hydrogen) atoms. The van der Waals surface area contributed by atoms with Crippen molar-refractivity contribution < 1.29 is 4.74 Å². The van der Waals surface area contributed by atoms with Crippen molar-refractivity contribution in [1.29, 1.82) is 0 Å². The van der Waals surface area contributed by atoms with Gasteiger partial charge in [-0.15, -0.1) is 17.9 Å². The van der Waals surface area contributed by atoms with Gasteiger partial charge in [0, 0.05) is 23.6 Å². The second-order valence-corrected chi connectivity index (χ2v) is 10.5. The second-order valence-electron chi connectivity index (χ2n) is 8.51. The van der Waals surface area contributed by atoms with Gasteiger partial charge in [-0.2, -0.15) is 0 Å². The van der Waals surface area contributed by atoms with E-state index in [4.69, 9.17) is 9.72 Å². The third-order valence-corrected chi connectivity index (χ3v) is 8.21.